The molecule has 126 valence electrons. The zero-order chi connectivity index (χ0) is 17.4. The number of methoxy groups -OCH3 is 1. The lowest BCUT2D eigenvalue weighted by Crippen LogP contribution is -2.31. The highest BCUT2D eigenvalue weighted by molar-refractivity contribution is 5.91. The number of hydrogen-bond acceptors (Lipinski definition) is 4. The second-order valence-electron chi connectivity index (χ2n) is 5.32. The summed E-state index contributed by atoms with van der Waals surface area (Å²) in [6.07, 6.45) is 3.60. The molecule has 6 nitrogen and oxygen atoms in total. The van der Waals surface area contributed by atoms with Gasteiger partial charge in [-0.1, -0.05) is 0 Å². The van der Waals surface area contributed by atoms with Crippen LogP contribution in [-0.4, -0.2) is 35.4 Å². The molecule has 0 fully saturated rings. The Labute approximate surface area is 141 Å². The van der Waals surface area contributed by atoms with Gasteiger partial charge < -0.3 is 15.0 Å². The molecule has 2 rings (SSSR count). The Bertz CT molecular complexity index is 672. The van der Waals surface area contributed by atoms with Crippen LogP contribution in [0.3, 0.4) is 0 Å². The van der Waals surface area contributed by atoms with Crippen molar-refractivity contribution in [1.29, 1.82) is 0 Å². The standard InChI is InChI=1S/C18H21N3O3/c1-14(22)21(13-15-7-10-19-11-8-15)12-9-18(23)20-16-3-5-17(24-2)6-4-16/h3-8,10-11H,9,12-13H2,1-2H3,(H,20,23). The van der Waals surface area contributed by atoms with E-state index >= 15 is 0 Å². The van der Waals surface area contributed by atoms with E-state index in [0.29, 0.717) is 18.8 Å². The summed E-state index contributed by atoms with van der Waals surface area (Å²) >= 11 is 0. The smallest absolute Gasteiger partial charge is 0.226 e. The van der Waals surface area contributed by atoms with Crippen LogP contribution in [0, 0.1) is 0 Å². The first-order valence-electron chi connectivity index (χ1n) is 7.67. The maximum atomic E-state index is 12.1. The van der Waals surface area contributed by atoms with E-state index in [0.717, 1.165) is 11.3 Å². The molecule has 1 heterocycles. The van der Waals surface area contributed by atoms with Crippen molar-refractivity contribution >= 4 is 17.5 Å². The molecule has 0 radical (unpaired) electrons. The Morgan fingerprint density at radius 2 is 1.79 bits per heavy atom. The molecule has 1 aromatic carbocycles. The summed E-state index contributed by atoms with van der Waals surface area (Å²) in [7, 11) is 1.59. The van der Waals surface area contributed by atoms with Gasteiger partial charge in [0.05, 0.1) is 7.11 Å². The Hall–Kier alpha value is -2.89. The second-order valence-corrected chi connectivity index (χ2v) is 5.32. The molecule has 2 aromatic rings. The van der Waals surface area contributed by atoms with E-state index in [-0.39, 0.29) is 18.2 Å². The first kappa shape index (κ1) is 17.5. The predicted molar refractivity (Wildman–Crippen MR) is 91.6 cm³/mol. The number of anilines is 1. The largest absolute Gasteiger partial charge is 0.497 e. The third-order valence-corrected chi connectivity index (χ3v) is 3.55. The Kier molecular flexibility index (Phi) is 6.31. The van der Waals surface area contributed by atoms with Crippen molar-refractivity contribution < 1.29 is 14.3 Å². The average Bonchev–Trinajstić information content (AvgIpc) is 2.60. The number of hydrogen-bond donors (Lipinski definition) is 1. The van der Waals surface area contributed by atoms with Gasteiger partial charge in [0.1, 0.15) is 5.75 Å². The lowest BCUT2D eigenvalue weighted by Gasteiger charge is -2.20. The molecule has 0 spiro atoms. The SMILES string of the molecule is COc1ccc(NC(=O)CCN(Cc2ccncc2)C(C)=O)cc1. The van der Waals surface area contributed by atoms with Gasteiger partial charge in [-0.05, 0) is 42.0 Å². The number of pyridine rings is 1. The third-order valence-electron chi connectivity index (χ3n) is 3.55. The van der Waals surface area contributed by atoms with Gasteiger partial charge in [0, 0.05) is 44.5 Å². The van der Waals surface area contributed by atoms with Gasteiger partial charge in [-0.25, -0.2) is 0 Å². The average molecular weight is 327 g/mol. The summed E-state index contributed by atoms with van der Waals surface area (Å²) < 4.78 is 5.07. The molecule has 0 saturated carbocycles. The van der Waals surface area contributed by atoms with Crippen molar-refractivity contribution in [3.63, 3.8) is 0 Å². The predicted octanol–water partition coefficient (Wildman–Crippen LogP) is 2.47. The van der Waals surface area contributed by atoms with Crippen LogP contribution in [0.15, 0.2) is 48.8 Å². The van der Waals surface area contributed by atoms with E-state index in [4.69, 9.17) is 4.74 Å². The van der Waals surface area contributed by atoms with Gasteiger partial charge in [-0.15, -0.1) is 0 Å². The summed E-state index contributed by atoms with van der Waals surface area (Å²) in [6.45, 7) is 2.33. The summed E-state index contributed by atoms with van der Waals surface area (Å²) in [6, 6.07) is 10.8. The minimum absolute atomic E-state index is 0.0657. The number of rotatable bonds is 7. The highest BCUT2D eigenvalue weighted by atomic mass is 16.5. The Morgan fingerprint density at radius 1 is 1.12 bits per heavy atom. The summed E-state index contributed by atoms with van der Waals surface area (Å²) in [5.74, 6) is 0.526. The quantitative estimate of drug-likeness (QED) is 0.848. The highest BCUT2D eigenvalue weighted by Gasteiger charge is 2.12. The number of carbonyl (C=O) groups excluding carboxylic acids is 2. The van der Waals surface area contributed by atoms with Crippen molar-refractivity contribution in [2.24, 2.45) is 0 Å². The second kappa shape index (κ2) is 8.67. The molecule has 6 heteroatoms. The zero-order valence-electron chi connectivity index (χ0n) is 13.9. The molecule has 0 saturated heterocycles. The lowest BCUT2D eigenvalue weighted by atomic mass is 10.2. The molecule has 1 aromatic heterocycles. The number of aromatic nitrogens is 1. The van der Waals surface area contributed by atoms with Gasteiger partial charge in [-0.2, -0.15) is 0 Å². The van der Waals surface area contributed by atoms with E-state index in [9.17, 15) is 9.59 Å². The lowest BCUT2D eigenvalue weighted by molar-refractivity contribution is -0.129. The molecule has 1 N–H and O–H groups in total. The number of nitrogens with one attached hydrogen (secondary N) is 1. The molecular formula is C18H21N3O3. The Balaban J connectivity index is 1.86. The fourth-order valence-electron chi connectivity index (χ4n) is 2.19. The third kappa shape index (κ3) is 5.39. The molecule has 0 atom stereocenters. The molecule has 0 aliphatic heterocycles. The zero-order valence-corrected chi connectivity index (χ0v) is 13.9. The van der Waals surface area contributed by atoms with E-state index < -0.39 is 0 Å². The topological polar surface area (TPSA) is 71.5 Å². The molecule has 0 aliphatic rings. The maximum absolute atomic E-state index is 12.1. The van der Waals surface area contributed by atoms with E-state index in [2.05, 4.69) is 10.3 Å². The number of nitrogens with zero attached hydrogens (tertiary/aromatic N) is 2. The summed E-state index contributed by atoms with van der Waals surface area (Å²) in [4.78, 5) is 29.4. The Morgan fingerprint density at radius 3 is 2.38 bits per heavy atom. The van der Waals surface area contributed by atoms with Crippen LogP contribution < -0.4 is 10.1 Å². The van der Waals surface area contributed by atoms with E-state index in [1.54, 1.807) is 48.7 Å². The van der Waals surface area contributed by atoms with Gasteiger partial charge >= 0.3 is 0 Å². The van der Waals surface area contributed by atoms with Crippen LogP contribution in [0.5, 0.6) is 5.75 Å². The van der Waals surface area contributed by atoms with E-state index in [1.165, 1.54) is 6.92 Å². The first-order valence-corrected chi connectivity index (χ1v) is 7.67. The molecule has 2 amide bonds. The van der Waals surface area contributed by atoms with Crippen LogP contribution in [0.1, 0.15) is 18.9 Å². The normalized spacial score (nSPS) is 10.1. The van der Waals surface area contributed by atoms with Gasteiger partial charge in [0.25, 0.3) is 0 Å². The number of ether oxygens (including phenoxy) is 1. The van der Waals surface area contributed by atoms with Crippen LogP contribution in [0.25, 0.3) is 0 Å². The summed E-state index contributed by atoms with van der Waals surface area (Å²) in [5.41, 5.74) is 1.68. The van der Waals surface area contributed by atoms with E-state index in [1.807, 2.05) is 12.1 Å². The van der Waals surface area contributed by atoms with Crippen LogP contribution in [-0.2, 0) is 16.1 Å². The number of benzene rings is 1. The van der Waals surface area contributed by atoms with Crippen LogP contribution in [0.4, 0.5) is 5.69 Å². The van der Waals surface area contributed by atoms with Gasteiger partial charge in [0.15, 0.2) is 0 Å². The van der Waals surface area contributed by atoms with Gasteiger partial charge in [-0.3, -0.25) is 14.6 Å². The van der Waals surface area contributed by atoms with Crippen molar-refractivity contribution in [2.75, 3.05) is 19.0 Å². The minimum atomic E-state index is -0.138. The fraction of sp³-hybridized carbons (Fsp3) is 0.278. The molecule has 0 aliphatic carbocycles. The van der Waals surface area contributed by atoms with Crippen molar-refractivity contribution in [3.8, 4) is 5.75 Å². The van der Waals surface area contributed by atoms with Crippen molar-refractivity contribution in [1.82, 2.24) is 9.88 Å². The van der Waals surface area contributed by atoms with Crippen molar-refractivity contribution in [3.05, 3.63) is 54.4 Å². The minimum Gasteiger partial charge on any atom is -0.497 e. The van der Waals surface area contributed by atoms with Crippen LogP contribution >= 0.6 is 0 Å². The number of amides is 2. The summed E-state index contributed by atoms with van der Waals surface area (Å²) in [5, 5.41) is 2.81. The van der Waals surface area contributed by atoms with Crippen molar-refractivity contribution in [2.45, 2.75) is 19.9 Å². The number of carbonyl (C=O) groups is 2. The van der Waals surface area contributed by atoms with Gasteiger partial charge in [0.2, 0.25) is 11.8 Å². The monoisotopic (exact) mass is 327 g/mol. The first-order chi connectivity index (χ1) is 11.6. The molecular weight excluding hydrogens is 306 g/mol. The molecule has 0 bridgehead atoms. The molecule has 24 heavy (non-hydrogen) atoms. The maximum Gasteiger partial charge on any atom is 0.226 e. The molecule has 0 unspecified atom stereocenters. The highest BCUT2D eigenvalue weighted by Crippen LogP contribution is 2.15. The van der Waals surface area contributed by atoms with Crippen LogP contribution in [0.2, 0.25) is 0 Å². The fourth-order valence-corrected chi connectivity index (χ4v) is 2.19.